The molecule has 0 radical (unpaired) electrons. The summed E-state index contributed by atoms with van der Waals surface area (Å²) < 4.78 is 27.5. The molecule has 1 amide bonds. The van der Waals surface area contributed by atoms with Crippen LogP contribution in [0.3, 0.4) is 0 Å². The third kappa shape index (κ3) is 4.12. The molecule has 0 saturated carbocycles. The quantitative estimate of drug-likeness (QED) is 0.844. The number of aryl methyl sites for hydroxylation is 1. The standard InChI is InChI=1S/C19H23N3O4S/c1-3-11-27(25,26)22-10-8-14-6-7-16(12-15(14)13-22)20-18(23)17-5-4-9-21(2)19(17)24/h4-7,9,12H,3,8,10-11,13H2,1-2H3,(H,20,23). The molecule has 7 nitrogen and oxygen atoms in total. The normalized spacial score (nSPS) is 14.6. The van der Waals surface area contributed by atoms with Crippen molar-refractivity contribution in [2.75, 3.05) is 17.6 Å². The Kier molecular flexibility index (Phi) is 5.48. The summed E-state index contributed by atoms with van der Waals surface area (Å²) in [6.07, 6.45) is 2.81. The molecule has 27 heavy (non-hydrogen) atoms. The van der Waals surface area contributed by atoms with Crippen LogP contribution in [0.15, 0.2) is 41.3 Å². The molecule has 0 spiro atoms. The summed E-state index contributed by atoms with van der Waals surface area (Å²) in [7, 11) is -1.68. The van der Waals surface area contributed by atoms with Crippen molar-refractivity contribution in [2.24, 2.45) is 7.05 Å². The summed E-state index contributed by atoms with van der Waals surface area (Å²) in [4.78, 5) is 24.5. The average molecular weight is 389 g/mol. The maximum atomic E-state index is 12.4. The molecule has 2 aromatic rings. The first-order chi connectivity index (χ1) is 12.8. The zero-order chi connectivity index (χ0) is 19.6. The van der Waals surface area contributed by atoms with Gasteiger partial charge in [-0.25, -0.2) is 8.42 Å². The molecule has 0 saturated heterocycles. The van der Waals surface area contributed by atoms with Gasteiger partial charge in [-0.2, -0.15) is 4.31 Å². The lowest BCUT2D eigenvalue weighted by molar-refractivity contribution is 0.102. The molecular formula is C19H23N3O4S. The molecule has 0 unspecified atom stereocenters. The van der Waals surface area contributed by atoms with E-state index in [1.807, 2.05) is 13.0 Å². The molecule has 0 atom stereocenters. The summed E-state index contributed by atoms with van der Waals surface area (Å²) in [5.74, 6) is -0.349. The number of nitrogens with one attached hydrogen (secondary N) is 1. The van der Waals surface area contributed by atoms with E-state index in [-0.39, 0.29) is 16.9 Å². The number of nitrogens with zero attached hydrogens (tertiary/aromatic N) is 2. The van der Waals surface area contributed by atoms with E-state index in [1.165, 1.54) is 14.9 Å². The predicted octanol–water partition coefficient (Wildman–Crippen LogP) is 1.74. The number of carbonyl (C=O) groups is 1. The first-order valence-corrected chi connectivity index (χ1v) is 10.5. The lowest BCUT2D eigenvalue weighted by Gasteiger charge is -2.28. The summed E-state index contributed by atoms with van der Waals surface area (Å²) in [6.45, 7) is 2.62. The van der Waals surface area contributed by atoms with E-state index in [9.17, 15) is 18.0 Å². The van der Waals surface area contributed by atoms with Gasteiger partial charge < -0.3 is 9.88 Å². The number of anilines is 1. The molecular weight excluding hydrogens is 366 g/mol. The summed E-state index contributed by atoms with van der Waals surface area (Å²) in [5.41, 5.74) is 2.18. The number of sulfonamides is 1. The highest BCUT2D eigenvalue weighted by Gasteiger charge is 2.26. The summed E-state index contributed by atoms with van der Waals surface area (Å²) >= 11 is 0. The van der Waals surface area contributed by atoms with Crippen molar-refractivity contribution < 1.29 is 13.2 Å². The number of hydrogen-bond acceptors (Lipinski definition) is 4. The maximum Gasteiger partial charge on any atom is 0.263 e. The van der Waals surface area contributed by atoms with Crippen molar-refractivity contribution in [1.29, 1.82) is 0 Å². The van der Waals surface area contributed by atoms with E-state index < -0.39 is 15.9 Å². The monoisotopic (exact) mass is 389 g/mol. The molecule has 1 aromatic carbocycles. The molecule has 144 valence electrons. The van der Waals surface area contributed by atoms with Gasteiger partial charge >= 0.3 is 0 Å². The van der Waals surface area contributed by atoms with Crippen LogP contribution in [0.2, 0.25) is 0 Å². The lowest BCUT2D eigenvalue weighted by atomic mass is 10.0. The molecule has 1 aliphatic rings. The Morgan fingerprint density at radius 3 is 2.74 bits per heavy atom. The van der Waals surface area contributed by atoms with Crippen LogP contribution in [0.25, 0.3) is 0 Å². The Bertz CT molecular complexity index is 1030. The second-order valence-corrected chi connectivity index (χ2v) is 8.76. The number of fused-ring (bicyclic) bond motifs is 1. The van der Waals surface area contributed by atoms with Crippen LogP contribution in [-0.4, -0.2) is 35.5 Å². The minimum absolute atomic E-state index is 0.0601. The Hall–Kier alpha value is -2.45. The SMILES string of the molecule is CCCS(=O)(=O)N1CCc2ccc(NC(=O)c3cccn(C)c3=O)cc2C1. The minimum atomic E-state index is -3.26. The van der Waals surface area contributed by atoms with Gasteiger partial charge in [-0.15, -0.1) is 0 Å². The third-order valence-corrected chi connectivity index (χ3v) is 6.69. The van der Waals surface area contributed by atoms with Crippen molar-refractivity contribution in [1.82, 2.24) is 8.87 Å². The van der Waals surface area contributed by atoms with Gasteiger partial charge in [0, 0.05) is 32.0 Å². The second kappa shape index (κ2) is 7.66. The van der Waals surface area contributed by atoms with E-state index in [4.69, 9.17) is 0 Å². The zero-order valence-electron chi connectivity index (χ0n) is 15.4. The van der Waals surface area contributed by atoms with Gasteiger partial charge in [0.1, 0.15) is 5.56 Å². The van der Waals surface area contributed by atoms with Crippen molar-refractivity contribution in [3.63, 3.8) is 0 Å². The van der Waals surface area contributed by atoms with Gasteiger partial charge in [0.05, 0.1) is 5.75 Å². The van der Waals surface area contributed by atoms with E-state index in [0.29, 0.717) is 31.6 Å². The maximum absolute atomic E-state index is 12.4. The fourth-order valence-corrected chi connectivity index (χ4v) is 4.68. The predicted molar refractivity (Wildman–Crippen MR) is 104 cm³/mol. The molecule has 1 aliphatic heterocycles. The molecule has 8 heteroatoms. The van der Waals surface area contributed by atoms with Crippen LogP contribution in [0.5, 0.6) is 0 Å². The first kappa shape index (κ1) is 19.3. The van der Waals surface area contributed by atoms with E-state index >= 15 is 0 Å². The average Bonchev–Trinajstić information content (AvgIpc) is 2.63. The van der Waals surface area contributed by atoms with Gasteiger partial charge in [0.15, 0.2) is 0 Å². The van der Waals surface area contributed by atoms with Crippen LogP contribution in [0, 0.1) is 0 Å². The number of aromatic nitrogens is 1. The van der Waals surface area contributed by atoms with Crippen LogP contribution in [0.4, 0.5) is 5.69 Å². The lowest BCUT2D eigenvalue weighted by Crippen LogP contribution is -2.37. The Labute approximate surface area is 158 Å². The molecule has 0 bridgehead atoms. The number of amides is 1. The van der Waals surface area contributed by atoms with E-state index in [2.05, 4.69) is 5.32 Å². The van der Waals surface area contributed by atoms with Crippen molar-refractivity contribution in [2.45, 2.75) is 26.3 Å². The van der Waals surface area contributed by atoms with Gasteiger partial charge in [-0.1, -0.05) is 13.0 Å². The Morgan fingerprint density at radius 2 is 2.00 bits per heavy atom. The molecule has 0 aliphatic carbocycles. The first-order valence-electron chi connectivity index (χ1n) is 8.88. The van der Waals surface area contributed by atoms with E-state index in [1.54, 1.807) is 31.4 Å². The third-order valence-electron chi connectivity index (χ3n) is 4.66. The molecule has 0 fully saturated rings. The highest BCUT2D eigenvalue weighted by molar-refractivity contribution is 7.89. The molecule has 3 rings (SSSR count). The number of benzene rings is 1. The van der Waals surface area contributed by atoms with Crippen LogP contribution in [0.1, 0.15) is 34.8 Å². The van der Waals surface area contributed by atoms with Gasteiger partial charge in [0.25, 0.3) is 11.5 Å². The van der Waals surface area contributed by atoms with E-state index in [0.717, 1.165) is 11.1 Å². The summed E-state index contributed by atoms with van der Waals surface area (Å²) in [6, 6.07) is 8.58. The number of rotatable bonds is 5. The largest absolute Gasteiger partial charge is 0.322 e. The van der Waals surface area contributed by atoms with Gasteiger partial charge in [0.2, 0.25) is 10.0 Å². The van der Waals surface area contributed by atoms with Crippen molar-refractivity contribution in [3.8, 4) is 0 Å². The minimum Gasteiger partial charge on any atom is -0.322 e. The number of pyridine rings is 1. The van der Waals surface area contributed by atoms with Crippen LogP contribution < -0.4 is 10.9 Å². The Morgan fingerprint density at radius 1 is 1.22 bits per heavy atom. The molecule has 1 aromatic heterocycles. The van der Waals surface area contributed by atoms with Crippen molar-refractivity contribution in [3.05, 3.63) is 63.6 Å². The van der Waals surface area contributed by atoms with Crippen LogP contribution >= 0.6 is 0 Å². The highest BCUT2D eigenvalue weighted by atomic mass is 32.2. The smallest absolute Gasteiger partial charge is 0.263 e. The molecule has 1 N–H and O–H groups in total. The number of carbonyl (C=O) groups excluding carboxylic acids is 1. The number of hydrogen-bond donors (Lipinski definition) is 1. The fraction of sp³-hybridized carbons (Fsp3) is 0.368. The van der Waals surface area contributed by atoms with Gasteiger partial charge in [-0.3, -0.25) is 9.59 Å². The Balaban J connectivity index is 1.81. The summed E-state index contributed by atoms with van der Waals surface area (Å²) in [5, 5.41) is 2.73. The highest BCUT2D eigenvalue weighted by Crippen LogP contribution is 2.25. The van der Waals surface area contributed by atoms with Gasteiger partial charge in [-0.05, 0) is 48.2 Å². The zero-order valence-corrected chi connectivity index (χ0v) is 16.3. The second-order valence-electron chi connectivity index (χ2n) is 6.68. The molecule has 2 heterocycles. The topological polar surface area (TPSA) is 88.5 Å². The fourth-order valence-electron chi connectivity index (χ4n) is 3.20. The van der Waals surface area contributed by atoms with Crippen molar-refractivity contribution >= 4 is 21.6 Å². The van der Waals surface area contributed by atoms with Crippen LogP contribution in [-0.2, 0) is 30.0 Å².